The molecule has 0 aromatic carbocycles. The third-order valence-electron chi connectivity index (χ3n) is 4.46. The molecule has 2 amide bonds. The van der Waals surface area contributed by atoms with E-state index in [2.05, 4.69) is 15.5 Å². The quantitative estimate of drug-likeness (QED) is 0.680. The molecule has 1 saturated heterocycles. The predicted octanol–water partition coefficient (Wildman–Crippen LogP) is 1.02. The number of nitrogens with one attached hydrogen (secondary N) is 2. The Balaban J connectivity index is 1.68. The molecule has 0 spiro atoms. The van der Waals surface area contributed by atoms with Crippen LogP contribution in [0.1, 0.15) is 39.0 Å². The van der Waals surface area contributed by atoms with Crippen molar-refractivity contribution < 1.29 is 14.7 Å². The summed E-state index contributed by atoms with van der Waals surface area (Å²) in [4.78, 5) is 25.3. The van der Waals surface area contributed by atoms with Crippen LogP contribution in [0, 0.1) is 5.41 Å². The second-order valence-corrected chi connectivity index (χ2v) is 6.17. The first kappa shape index (κ1) is 15.1. The van der Waals surface area contributed by atoms with E-state index in [0.717, 1.165) is 26.1 Å². The maximum absolute atomic E-state index is 11.8. The van der Waals surface area contributed by atoms with Crippen LogP contribution in [-0.4, -0.2) is 54.2 Å². The Bertz CT molecular complexity index is 363. The van der Waals surface area contributed by atoms with Gasteiger partial charge in [0.1, 0.15) is 0 Å². The van der Waals surface area contributed by atoms with E-state index in [9.17, 15) is 14.7 Å². The molecule has 3 N–H and O–H groups in total. The highest BCUT2D eigenvalue weighted by atomic mass is 16.4. The van der Waals surface area contributed by atoms with Crippen molar-refractivity contribution in [3.05, 3.63) is 0 Å². The molecule has 0 aromatic rings. The number of rotatable bonds is 6. The van der Waals surface area contributed by atoms with Crippen molar-refractivity contribution in [3.63, 3.8) is 0 Å². The van der Waals surface area contributed by atoms with E-state index < -0.39 is 11.4 Å². The third-order valence-corrected chi connectivity index (χ3v) is 4.46. The monoisotopic (exact) mass is 283 g/mol. The molecule has 1 aliphatic heterocycles. The van der Waals surface area contributed by atoms with Gasteiger partial charge in [-0.2, -0.15) is 0 Å². The first-order chi connectivity index (χ1) is 9.52. The fourth-order valence-corrected chi connectivity index (χ4v) is 2.99. The van der Waals surface area contributed by atoms with Gasteiger partial charge in [-0.15, -0.1) is 0 Å². The van der Waals surface area contributed by atoms with Crippen molar-refractivity contribution in [2.24, 2.45) is 5.41 Å². The highest BCUT2D eigenvalue weighted by molar-refractivity contribution is 5.78. The van der Waals surface area contributed by atoms with E-state index in [1.54, 1.807) is 0 Å². The number of hydrogen-bond acceptors (Lipinski definition) is 3. The summed E-state index contributed by atoms with van der Waals surface area (Å²) in [5, 5.41) is 14.8. The molecule has 0 aromatic heterocycles. The SMILES string of the molecule is CC(CN1CCCC1)NC(=O)NCC1(C(=O)O)CCC1. The van der Waals surface area contributed by atoms with Crippen LogP contribution < -0.4 is 10.6 Å². The molecule has 1 atom stereocenters. The summed E-state index contributed by atoms with van der Waals surface area (Å²) < 4.78 is 0. The van der Waals surface area contributed by atoms with Crippen LogP contribution in [0.15, 0.2) is 0 Å². The number of carbonyl (C=O) groups is 2. The molecule has 6 nitrogen and oxygen atoms in total. The highest BCUT2D eigenvalue weighted by Crippen LogP contribution is 2.40. The van der Waals surface area contributed by atoms with Crippen LogP contribution in [0.25, 0.3) is 0 Å². The number of carboxylic acids is 1. The van der Waals surface area contributed by atoms with Gasteiger partial charge in [0.25, 0.3) is 0 Å². The Morgan fingerprint density at radius 3 is 2.40 bits per heavy atom. The van der Waals surface area contributed by atoms with E-state index in [-0.39, 0.29) is 18.6 Å². The number of urea groups is 1. The van der Waals surface area contributed by atoms with Crippen LogP contribution in [0.4, 0.5) is 4.79 Å². The Labute approximate surface area is 119 Å². The topological polar surface area (TPSA) is 81.7 Å². The number of amides is 2. The lowest BCUT2D eigenvalue weighted by Gasteiger charge is -2.37. The van der Waals surface area contributed by atoms with Crippen molar-refractivity contribution in [2.45, 2.75) is 45.1 Å². The Morgan fingerprint density at radius 1 is 1.25 bits per heavy atom. The van der Waals surface area contributed by atoms with E-state index >= 15 is 0 Å². The molecule has 6 heteroatoms. The molecule has 2 aliphatic rings. The number of likely N-dealkylation sites (tertiary alicyclic amines) is 1. The summed E-state index contributed by atoms with van der Waals surface area (Å²) in [6.45, 7) is 5.28. The van der Waals surface area contributed by atoms with E-state index in [4.69, 9.17) is 0 Å². The Hall–Kier alpha value is -1.30. The second kappa shape index (κ2) is 6.43. The van der Waals surface area contributed by atoms with Crippen molar-refractivity contribution >= 4 is 12.0 Å². The van der Waals surface area contributed by atoms with Gasteiger partial charge >= 0.3 is 12.0 Å². The van der Waals surface area contributed by atoms with E-state index in [1.807, 2.05) is 6.92 Å². The summed E-state index contributed by atoms with van der Waals surface area (Å²) >= 11 is 0. The van der Waals surface area contributed by atoms with Gasteiger partial charge in [0, 0.05) is 19.1 Å². The molecule has 2 rings (SSSR count). The maximum atomic E-state index is 11.8. The van der Waals surface area contributed by atoms with Crippen LogP contribution in [0.2, 0.25) is 0 Å². The number of nitrogens with zero attached hydrogens (tertiary/aromatic N) is 1. The van der Waals surface area contributed by atoms with Crippen LogP contribution in [0.3, 0.4) is 0 Å². The fourth-order valence-electron chi connectivity index (χ4n) is 2.99. The molecule has 2 fully saturated rings. The smallest absolute Gasteiger partial charge is 0.315 e. The molecule has 1 aliphatic carbocycles. The molecule has 1 saturated carbocycles. The zero-order chi connectivity index (χ0) is 14.6. The molecule has 0 bridgehead atoms. The minimum Gasteiger partial charge on any atom is -0.481 e. The number of aliphatic carboxylic acids is 1. The zero-order valence-electron chi connectivity index (χ0n) is 12.2. The Kier molecular flexibility index (Phi) is 4.86. The van der Waals surface area contributed by atoms with Crippen molar-refractivity contribution in [3.8, 4) is 0 Å². The molecule has 20 heavy (non-hydrogen) atoms. The predicted molar refractivity (Wildman–Crippen MR) is 75.6 cm³/mol. The van der Waals surface area contributed by atoms with Gasteiger partial charge in [-0.3, -0.25) is 4.79 Å². The Morgan fingerprint density at radius 2 is 1.90 bits per heavy atom. The molecule has 1 heterocycles. The van der Waals surface area contributed by atoms with Gasteiger partial charge in [-0.05, 0) is 45.7 Å². The van der Waals surface area contributed by atoms with Crippen molar-refractivity contribution in [1.82, 2.24) is 15.5 Å². The lowest BCUT2D eigenvalue weighted by Crippen LogP contribution is -2.52. The van der Waals surface area contributed by atoms with Gasteiger partial charge in [-0.1, -0.05) is 6.42 Å². The summed E-state index contributed by atoms with van der Waals surface area (Å²) in [5.41, 5.74) is -0.727. The molecule has 0 radical (unpaired) electrons. The fraction of sp³-hybridized carbons (Fsp3) is 0.857. The summed E-state index contributed by atoms with van der Waals surface area (Å²) in [6.07, 6.45) is 4.72. The first-order valence-electron chi connectivity index (χ1n) is 7.52. The van der Waals surface area contributed by atoms with Gasteiger partial charge in [-0.25, -0.2) is 4.79 Å². The molecule has 1 unspecified atom stereocenters. The maximum Gasteiger partial charge on any atom is 0.315 e. The van der Waals surface area contributed by atoms with Crippen molar-refractivity contribution in [2.75, 3.05) is 26.2 Å². The zero-order valence-corrected chi connectivity index (χ0v) is 12.2. The lowest BCUT2D eigenvalue weighted by molar-refractivity contribution is -0.153. The second-order valence-electron chi connectivity index (χ2n) is 6.17. The van der Waals surface area contributed by atoms with Gasteiger partial charge in [0.2, 0.25) is 0 Å². The van der Waals surface area contributed by atoms with Crippen LogP contribution >= 0.6 is 0 Å². The first-order valence-corrected chi connectivity index (χ1v) is 7.52. The third kappa shape index (κ3) is 3.62. The van der Waals surface area contributed by atoms with Gasteiger partial charge in [0.15, 0.2) is 0 Å². The largest absolute Gasteiger partial charge is 0.481 e. The van der Waals surface area contributed by atoms with Gasteiger partial charge in [0.05, 0.1) is 5.41 Å². The number of hydrogen-bond donors (Lipinski definition) is 3. The summed E-state index contributed by atoms with van der Waals surface area (Å²) in [6, 6.07) is -0.181. The molecular weight excluding hydrogens is 258 g/mol. The molecule has 114 valence electrons. The standard InChI is InChI=1S/C14H25N3O3/c1-11(9-17-7-2-3-8-17)16-13(20)15-10-14(12(18)19)5-4-6-14/h11H,2-10H2,1H3,(H,18,19)(H2,15,16,20). The highest BCUT2D eigenvalue weighted by Gasteiger charge is 2.44. The lowest BCUT2D eigenvalue weighted by atomic mass is 9.69. The van der Waals surface area contributed by atoms with Crippen molar-refractivity contribution in [1.29, 1.82) is 0 Å². The normalized spacial score (nSPS) is 22.9. The average Bonchev–Trinajstić information content (AvgIpc) is 2.79. The summed E-state index contributed by atoms with van der Waals surface area (Å²) in [5.74, 6) is -0.797. The number of carboxylic acid groups (broad SMARTS) is 1. The minimum atomic E-state index is -0.797. The average molecular weight is 283 g/mol. The van der Waals surface area contributed by atoms with Crippen LogP contribution in [0.5, 0.6) is 0 Å². The number of carbonyl (C=O) groups excluding carboxylic acids is 1. The molecular formula is C14H25N3O3. The van der Waals surface area contributed by atoms with E-state index in [1.165, 1.54) is 12.8 Å². The van der Waals surface area contributed by atoms with Gasteiger partial charge < -0.3 is 20.6 Å². The summed E-state index contributed by atoms with van der Waals surface area (Å²) in [7, 11) is 0. The minimum absolute atomic E-state index is 0.0790. The van der Waals surface area contributed by atoms with Crippen LogP contribution in [-0.2, 0) is 4.79 Å². The van der Waals surface area contributed by atoms with E-state index in [0.29, 0.717) is 12.8 Å².